The Hall–Kier alpha value is -1.96. The van der Waals surface area contributed by atoms with Gasteiger partial charge < -0.3 is 0 Å². The van der Waals surface area contributed by atoms with Crippen LogP contribution in [0.4, 0.5) is 4.39 Å². The zero-order valence-electron chi connectivity index (χ0n) is 10.3. The van der Waals surface area contributed by atoms with Crippen LogP contribution >= 0.6 is 0 Å². The van der Waals surface area contributed by atoms with E-state index in [9.17, 15) is 9.18 Å². The fraction of sp³-hybridized carbons (Fsp3) is 0.188. The van der Waals surface area contributed by atoms with E-state index in [0.717, 1.165) is 24.7 Å². The third-order valence-electron chi connectivity index (χ3n) is 2.95. The summed E-state index contributed by atoms with van der Waals surface area (Å²) in [5.41, 5.74) is 3.29. The minimum Gasteiger partial charge on any atom is -0.298 e. The highest BCUT2D eigenvalue weighted by Crippen LogP contribution is 2.24. The zero-order valence-corrected chi connectivity index (χ0v) is 10.3. The van der Waals surface area contributed by atoms with Gasteiger partial charge in [-0.1, -0.05) is 37.6 Å². The van der Waals surface area contributed by atoms with Crippen molar-refractivity contribution >= 4 is 6.29 Å². The van der Waals surface area contributed by atoms with Crippen LogP contribution < -0.4 is 0 Å². The molecular weight excluding hydrogens is 227 g/mol. The van der Waals surface area contributed by atoms with Crippen LogP contribution in [0.1, 0.15) is 29.3 Å². The van der Waals surface area contributed by atoms with Gasteiger partial charge in [0.15, 0.2) is 6.29 Å². The van der Waals surface area contributed by atoms with Crippen LogP contribution in [0.2, 0.25) is 0 Å². The molecule has 0 radical (unpaired) electrons. The molecular formula is C16H15FO. The Labute approximate surface area is 106 Å². The summed E-state index contributed by atoms with van der Waals surface area (Å²) in [6.07, 6.45) is 2.89. The zero-order chi connectivity index (χ0) is 13.0. The van der Waals surface area contributed by atoms with Gasteiger partial charge in [0.05, 0.1) is 0 Å². The molecule has 0 aliphatic heterocycles. The summed E-state index contributed by atoms with van der Waals surface area (Å²) in [5.74, 6) is -0.326. The van der Waals surface area contributed by atoms with E-state index >= 15 is 0 Å². The Kier molecular flexibility index (Phi) is 3.88. The second-order valence-electron chi connectivity index (χ2n) is 4.30. The van der Waals surface area contributed by atoms with Gasteiger partial charge in [-0.3, -0.25) is 4.79 Å². The number of halogens is 1. The first kappa shape index (κ1) is 12.5. The topological polar surface area (TPSA) is 17.1 Å². The number of aldehydes is 1. The van der Waals surface area contributed by atoms with Crippen molar-refractivity contribution in [3.8, 4) is 11.1 Å². The molecule has 0 amide bonds. The van der Waals surface area contributed by atoms with Gasteiger partial charge >= 0.3 is 0 Å². The van der Waals surface area contributed by atoms with Crippen LogP contribution in [0.25, 0.3) is 11.1 Å². The molecule has 0 aromatic heterocycles. The number of carbonyl (C=O) groups is 1. The molecule has 0 saturated heterocycles. The van der Waals surface area contributed by atoms with Gasteiger partial charge in [0, 0.05) is 5.56 Å². The Morgan fingerprint density at radius 2 is 1.83 bits per heavy atom. The second kappa shape index (κ2) is 5.58. The molecule has 0 aliphatic rings. The molecule has 0 saturated carbocycles. The summed E-state index contributed by atoms with van der Waals surface area (Å²) in [4.78, 5) is 11.0. The molecule has 0 fully saturated rings. The molecule has 18 heavy (non-hydrogen) atoms. The minimum absolute atomic E-state index is 0.326. The molecule has 0 spiro atoms. The largest absolute Gasteiger partial charge is 0.298 e. The molecule has 0 bridgehead atoms. The van der Waals surface area contributed by atoms with Crippen LogP contribution in [0.3, 0.4) is 0 Å². The molecule has 1 nitrogen and oxygen atoms in total. The van der Waals surface area contributed by atoms with E-state index < -0.39 is 0 Å². The third-order valence-corrected chi connectivity index (χ3v) is 2.95. The van der Waals surface area contributed by atoms with Crippen molar-refractivity contribution in [2.24, 2.45) is 0 Å². The van der Waals surface area contributed by atoms with Gasteiger partial charge in [0.1, 0.15) is 5.82 Å². The van der Waals surface area contributed by atoms with Crippen molar-refractivity contribution in [3.63, 3.8) is 0 Å². The standard InChI is InChI=1S/C16H15FO/c1-2-3-12-4-6-13(7-5-12)16-10-15(17)9-8-14(16)11-18/h4-11H,2-3H2,1H3. The molecule has 0 N–H and O–H groups in total. The lowest BCUT2D eigenvalue weighted by Crippen LogP contribution is -1.90. The molecule has 92 valence electrons. The van der Waals surface area contributed by atoms with Crippen molar-refractivity contribution in [2.75, 3.05) is 0 Å². The van der Waals surface area contributed by atoms with E-state index in [-0.39, 0.29) is 5.82 Å². The van der Waals surface area contributed by atoms with E-state index in [4.69, 9.17) is 0 Å². The number of carbonyl (C=O) groups excluding carboxylic acids is 1. The molecule has 0 unspecified atom stereocenters. The molecule has 2 heteroatoms. The SMILES string of the molecule is CCCc1ccc(-c2cc(F)ccc2C=O)cc1. The van der Waals surface area contributed by atoms with Gasteiger partial charge in [-0.05, 0) is 41.3 Å². The Bertz CT molecular complexity index is 544. The quantitative estimate of drug-likeness (QED) is 0.732. The monoisotopic (exact) mass is 242 g/mol. The number of benzene rings is 2. The van der Waals surface area contributed by atoms with E-state index in [2.05, 4.69) is 6.92 Å². The first-order valence-corrected chi connectivity index (χ1v) is 6.08. The first-order valence-electron chi connectivity index (χ1n) is 6.08. The van der Waals surface area contributed by atoms with Crippen molar-refractivity contribution in [3.05, 3.63) is 59.4 Å². The summed E-state index contributed by atoms with van der Waals surface area (Å²) in [7, 11) is 0. The lowest BCUT2D eigenvalue weighted by molar-refractivity contribution is 0.112. The third kappa shape index (κ3) is 2.65. The normalized spacial score (nSPS) is 10.3. The Morgan fingerprint density at radius 1 is 1.11 bits per heavy atom. The van der Waals surface area contributed by atoms with E-state index in [0.29, 0.717) is 11.1 Å². The van der Waals surface area contributed by atoms with Gasteiger partial charge in [-0.15, -0.1) is 0 Å². The van der Waals surface area contributed by atoms with Crippen LogP contribution in [0.5, 0.6) is 0 Å². The first-order chi connectivity index (χ1) is 8.74. The smallest absolute Gasteiger partial charge is 0.150 e. The van der Waals surface area contributed by atoms with Gasteiger partial charge in [0.25, 0.3) is 0 Å². The number of hydrogen-bond donors (Lipinski definition) is 0. The summed E-state index contributed by atoms with van der Waals surface area (Å²) >= 11 is 0. The fourth-order valence-corrected chi connectivity index (χ4v) is 2.02. The maximum atomic E-state index is 13.3. The Balaban J connectivity index is 2.41. The van der Waals surface area contributed by atoms with Crippen LogP contribution in [0, 0.1) is 5.82 Å². The van der Waals surface area contributed by atoms with Gasteiger partial charge in [0.2, 0.25) is 0 Å². The molecule has 0 heterocycles. The lowest BCUT2D eigenvalue weighted by atomic mass is 9.98. The van der Waals surface area contributed by atoms with E-state index in [1.54, 1.807) is 0 Å². The summed E-state index contributed by atoms with van der Waals surface area (Å²) in [5, 5.41) is 0. The number of aryl methyl sites for hydroxylation is 1. The Morgan fingerprint density at radius 3 is 2.44 bits per heavy atom. The number of rotatable bonds is 4. The van der Waals surface area contributed by atoms with Gasteiger partial charge in [-0.25, -0.2) is 4.39 Å². The number of hydrogen-bond acceptors (Lipinski definition) is 1. The summed E-state index contributed by atoms with van der Waals surface area (Å²) in [6, 6.07) is 12.1. The predicted molar refractivity (Wildman–Crippen MR) is 71.2 cm³/mol. The average Bonchev–Trinajstić information content (AvgIpc) is 2.40. The highest BCUT2D eigenvalue weighted by atomic mass is 19.1. The molecule has 0 aliphatic carbocycles. The highest BCUT2D eigenvalue weighted by Gasteiger charge is 2.06. The average molecular weight is 242 g/mol. The lowest BCUT2D eigenvalue weighted by Gasteiger charge is -2.06. The van der Waals surface area contributed by atoms with Crippen molar-refractivity contribution in [2.45, 2.75) is 19.8 Å². The van der Waals surface area contributed by atoms with Crippen LogP contribution in [0.15, 0.2) is 42.5 Å². The molecule has 2 aromatic carbocycles. The maximum Gasteiger partial charge on any atom is 0.150 e. The van der Waals surface area contributed by atoms with Gasteiger partial charge in [-0.2, -0.15) is 0 Å². The van der Waals surface area contributed by atoms with E-state index in [1.807, 2.05) is 24.3 Å². The van der Waals surface area contributed by atoms with Crippen LogP contribution in [-0.2, 0) is 6.42 Å². The van der Waals surface area contributed by atoms with Crippen molar-refractivity contribution < 1.29 is 9.18 Å². The maximum absolute atomic E-state index is 13.3. The molecule has 2 aromatic rings. The van der Waals surface area contributed by atoms with Crippen molar-refractivity contribution in [1.82, 2.24) is 0 Å². The fourth-order valence-electron chi connectivity index (χ4n) is 2.02. The second-order valence-corrected chi connectivity index (χ2v) is 4.30. The highest BCUT2D eigenvalue weighted by molar-refractivity contribution is 5.87. The summed E-state index contributed by atoms with van der Waals surface area (Å²) in [6.45, 7) is 2.13. The van der Waals surface area contributed by atoms with E-state index in [1.165, 1.54) is 23.8 Å². The van der Waals surface area contributed by atoms with Crippen LogP contribution in [-0.4, -0.2) is 6.29 Å². The predicted octanol–water partition coefficient (Wildman–Crippen LogP) is 4.26. The van der Waals surface area contributed by atoms with Crippen molar-refractivity contribution in [1.29, 1.82) is 0 Å². The molecule has 0 atom stereocenters. The minimum atomic E-state index is -0.326. The molecule has 2 rings (SSSR count). The summed E-state index contributed by atoms with van der Waals surface area (Å²) < 4.78 is 13.3.